The zero-order valence-electron chi connectivity index (χ0n) is 8.72. The number of aryl methyl sites for hydroxylation is 1. The van der Waals surface area contributed by atoms with Crippen LogP contribution in [-0.2, 0) is 0 Å². The Labute approximate surface area is 88.1 Å². The summed E-state index contributed by atoms with van der Waals surface area (Å²) in [6.07, 6.45) is 4.45. The van der Waals surface area contributed by atoms with Crippen LogP contribution in [0.5, 0.6) is 0 Å². The number of hydrogen-bond donors (Lipinski definition) is 1. The predicted molar refractivity (Wildman–Crippen MR) is 57.4 cm³/mol. The van der Waals surface area contributed by atoms with Crippen LogP contribution in [0.25, 0.3) is 5.65 Å². The minimum atomic E-state index is 0.0442. The van der Waals surface area contributed by atoms with Crippen molar-refractivity contribution in [3.63, 3.8) is 0 Å². The number of aromatic nitrogens is 3. The van der Waals surface area contributed by atoms with E-state index in [4.69, 9.17) is 5.73 Å². The number of hydrogen-bond acceptors (Lipinski definition) is 3. The first-order valence-electron chi connectivity index (χ1n) is 5.32. The van der Waals surface area contributed by atoms with Crippen molar-refractivity contribution in [2.45, 2.75) is 25.8 Å². The largest absolute Gasteiger partial charge is 0.321 e. The summed E-state index contributed by atoms with van der Waals surface area (Å²) in [5.74, 6) is 1.51. The van der Waals surface area contributed by atoms with Crippen LogP contribution >= 0.6 is 0 Å². The molecule has 1 fully saturated rings. The Balaban J connectivity index is 2.10. The van der Waals surface area contributed by atoms with Gasteiger partial charge in [0.15, 0.2) is 11.5 Å². The van der Waals surface area contributed by atoms with E-state index in [9.17, 15) is 0 Å². The smallest absolute Gasteiger partial charge is 0.161 e. The normalized spacial score (nSPS) is 18.3. The van der Waals surface area contributed by atoms with Crippen molar-refractivity contribution in [3.05, 3.63) is 29.7 Å². The summed E-state index contributed by atoms with van der Waals surface area (Å²) >= 11 is 0. The zero-order chi connectivity index (χ0) is 10.4. The lowest BCUT2D eigenvalue weighted by Crippen LogP contribution is -2.15. The molecular weight excluding hydrogens is 188 g/mol. The van der Waals surface area contributed by atoms with Crippen molar-refractivity contribution in [1.29, 1.82) is 0 Å². The van der Waals surface area contributed by atoms with Gasteiger partial charge in [-0.05, 0) is 43.4 Å². The molecule has 0 amide bonds. The molecule has 4 nitrogen and oxygen atoms in total. The molecule has 0 spiro atoms. The van der Waals surface area contributed by atoms with Crippen molar-refractivity contribution >= 4 is 5.65 Å². The van der Waals surface area contributed by atoms with Crippen molar-refractivity contribution in [1.82, 2.24) is 14.6 Å². The Hall–Kier alpha value is -1.42. The Morgan fingerprint density at radius 3 is 3.00 bits per heavy atom. The second kappa shape index (κ2) is 3.03. The fourth-order valence-corrected chi connectivity index (χ4v) is 1.90. The minimum absolute atomic E-state index is 0.0442. The summed E-state index contributed by atoms with van der Waals surface area (Å²) < 4.78 is 2.00. The van der Waals surface area contributed by atoms with Gasteiger partial charge in [0.25, 0.3) is 0 Å². The highest BCUT2D eigenvalue weighted by atomic mass is 15.3. The van der Waals surface area contributed by atoms with Crippen LogP contribution in [0.2, 0.25) is 0 Å². The fraction of sp³-hybridized carbons (Fsp3) is 0.455. The number of fused-ring (bicyclic) bond motifs is 1. The monoisotopic (exact) mass is 202 g/mol. The molecule has 1 saturated carbocycles. The van der Waals surface area contributed by atoms with E-state index in [0.29, 0.717) is 5.92 Å². The van der Waals surface area contributed by atoms with Crippen LogP contribution in [0.4, 0.5) is 0 Å². The highest BCUT2D eigenvalue weighted by molar-refractivity contribution is 5.41. The van der Waals surface area contributed by atoms with Crippen molar-refractivity contribution in [2.75, 3.05) is 0 Å². The van der Waals surface area contributed by atoms with Gasteiger partial charge in [0.1, 0.15) is 0 Å². The van der Waals surface area contributed by atoms with Crippen LogP contribution < -0.4 is 5.73 Å². The van der Waals surface area contributed by atoms with Crippen LogP contribution in [0.1, 0.15) is 30.3 Å². The van der Waals surface area contributed by atoms with Crippen LogP contribution in [-0.4, -0.2) is 14.6 Å². The first-order chi connectivity index (χ1) is 7.25. The van der Waals surface area contributed by atoms with E-state index in [1.807, 2.05) is 16.7 Å². The molecular formula is C11H14N4. The van der Waals surface area contributed by atoms with E-state index in [1.165, 1.54) is 18.4 Å². The molecule has 1 aliphatic carbocycles. The summed E-state index contributed by atoms with van der Waals surface area (Å²) in [6, 6.07) is 4.12. The number of nitrogens with zero attached hydrogens (tertiary/aromatic N) is 3. The molecule has 0 aromatic carbocycles. The molecule has 1 unspecified atom stereocenters. The highest BCUT2D eigenvalue weighted by Gasteiger charge is 2.32. The SMILES string of the molecule is Cc1ccn2c(C(N)C3CC3)nnc2c1. The maximum atomic E-state index is 6.13. The molecule has 0 radical (unpaired) electrons. The molecule has 0 saturated heterocycles. The topological polar surface area (TPSA) is 56.2 Å². The van der Waals surface area contributed by atoms with Gasteiger partial charge in [-0.2, -0.15) is 0 Å². The number of pyridine rings is 1. The average molecular weight is 202 g/mol. The van der Waals surface area contributed by atoms with Gasteiger partial charge < -0.3 is 5.73 Å². The van der Waals surface area contributed by atoms with E-state index in [-0.39, 0.29) is 6.04 Å². The summed E-state index contributed by atoms with van der Waals surface area (Å²) in [7, 11) is 0. The Morgan fingerprint density at radius 1 is 1.47 bits per heavy atom. The fourth-order valence-electron chi connectivity index (χ4n) is 1.90. The number of rotatable bonds is 2. The molecule has 1 atom stereocenters. The van der Waals surface area contributed by atoms with Crippen molar-refractivity contribution < 1.29 is 0 Å². The first kappa shape index (κ1) is 8.85. The first-order valence-corrected chi connectivity index (χ1v) is 5.32. The summed E-state index contributed by atoms with van der Waals surface area (Å²) in [6.45, 7) is 2.05. The van der Waals surface area contributed by atoms with Crippen LogP contribution in [0, 0.1) is 12.8 Å². The third-order valence-electron chi connectivity index (χ3n) is 3.02. The Morgan fingerprint density at radius 2 is 2.27 bits per heavy atom. The Bertz CT molecular complexity index is 498. The molecule has 15 heavy (non-hydrogen) atoms. The third kappa shape index (κ3) is 1.41. The van der Waals surface area contributed by atoms with E-state index >= 15 is 0 Å². The molecule has 0 bridgehead atoms. The molecule has 78 valence electrons. The second-order valence-electron chi connectivity index (χ2n) is 4.35. The Kier molecular flexibility index (Phi) is 1.79. The second-order valence-corrected chi connectivity index (χ2v) is 4.35. The van der Waals surface area contributed by atoms with Gasteiger partial charge in [-0.25, -0.2) is 0 Å². The lowest BCUT2D eigenvalue weighted by molar-refractivity contribution is 0.587. The van der Waals surface area contributed by atoms with Crippen LogP contribution in [0.15, 0.2) is 18.3 Å². The molecule has 2 heterocycles. The molecule has 2 aromatic rings. The summed E-state index contributed by atoms with van der Waals surface area (Å²) in [5, 5.41) is 8.33. The standard InChI is InChI=1S/C11H14N4/c1-7-4-5-15-9(6-7)13-14-11(15)10(12)8-2-3-8/h4-6,8,10H,2-3,12H2,1H3. The predicted octanol–water partition coefficient (Wildman–Crippen LogP) is 1.45. The third-order valence-corrected chi connectivity index (χ3v) is 3.02. The molecule has 2 N–H and O–H groups in total. The minimum Gasteiger partial charge on any atom is -0.321 e. The lowest BCUT2D eigenvalue weighted by Gasteiger charge is -2.07. The van der Waals surface area contributed by atoms with Crippen molar-refractivity contribution in [3.8, 4) is 0 Å². The van der Waals surface area contributed by atoms with E-state index in [1.54, 1.807) is 0 Å². The summed E-state index contributed by atoms with van der Waals surface area (Å²) in [4.78, 5) is 0. The van der Waals surface area contributed by atoms with Gasteiger partial charge in [0, 0.05) is 6.20 Å². The summed E-state index contributed by atoms with van der Waals surface area (Å²) in [5.41, 5.74) is 8.21. The van der Waals surface area contributed by atoms with E-state index in [2.05, 4.69) is 23.2 Å². The zero-order valence-corrected chi connectivity index (χ0v) is 8.72. The molecule has 4 heteroatoms. The van der Waals surface area contributed by atoms with E-state index < -0.39 is 0 Å². The molecule has 0 aliphatic heterocycles. The van der Waals surface area contributed by atoms with Gasteiger partial charge in [0.2, 0.25) is 0 Å². The number of nitrogens with two attached hydrogens (primary N) is 1. The highest BCUT2D eigenvalue weighted by Crippen LogP contribution is 2.38. The quantitative estimate of drug-likeness (QED) is 0.801. The van der Waals surface area contributed by atoms with Gasteiger partial charge in [-0.3, -0.25) is 4.40 Å². The van der Waals surface area contributed by atoms with Gasteiger partial charge in [-0.15, -0.1) is 10.2 Å². The average Bonchev–Trinajstić information content (AvgIpc) is 2.98. The van der Waals surface area contributed by atoms with Gasteiger partial charge >= 0.3 is 0 Å². The van der Waals surface area contributed by atoms with E-state index in [0.717, 1.165) is 11.5 Å². The van der Waals surface area contributed by atoms with Gasteiger partial charge in [-0.1, -0.05) is 0 Å². The molecule has 3 rings (SSSR count). The molecule has 2 aromatic heterocycles. The van der Waals surface area contributed by atoms with Crippen LogP contribution in [0.3, 0.4) is 0 Å². The lowest BCUT2D eigenvalue weighted by atomic mass is 10.2. The van der Waals surface area contributed by atoms with Crippen molar-refractivity contribution in [2.24, 2.45) is 11.7 Å². The maximum absolute atomic E-state index is 6.13. The molecule has 1 aliphatic rings. The maximum Gasteiger partial charge on any atom is 0.161 e. The van der Waals surface area contributed by atoms with Gasteiger partial charge in [0.05, 0.1) is 6.04 Å².